The van der Waals surface area contributed by atoms with Crippen molar-refractivity contribution in [1.29, 1.82) is 0 Å². The molecule has 2 heterocycles. The molecule has 0 aromatic carbocycles. The minimum absolute atomic E-state index is 0.0811. The van der Waals surface area contributed by atoms with Crippen LogP contribution in [0.15, 0.2) is 12.1 Å². The second kappa shape index (κ2) is 4.90. The topological polar surface area (TPSA) is 93.4 Å². The fourth-order valence-corrected chi connectivity index (χ4v) is 3.30. The smallest absolute Gasteiger partial charge is 0.227 e. The Kier molecular flexibility index (Phi) is 3.60. The molecule has 1 aliphatic heterocycles. The summed E-state index contributed by atoms with van der Waals surface area (Å²) < 4.78 is 22.2. The van der Waals surface area contributed by atoms with Crippen LogP contribution in [0.2, 0.25) is 0 Å². The van der Waals surface area contributed by atoms with Gasteiger partial charge in [0, 0.05) is 24.6 Å². The van der Waals surface area contributed by atoms with Gasteiger partial charge in [0.05, 0.1) is 17.1 Å². The van der Waals surface area contributed by atoms with E-state index in [0.717, 1.165) is 17.1 Å². The Balaban J connectivity index is 2.20. The number of rotatable bonds is 3. The molecule has 6 nitrogen and oxygen atoms in total. The average Bonchev–Trinajstić information content (AvgIpc) is 2.56. The lowest BCUT2D eigenvalue weighted by Crippen LogP contribution is -2.28. The highest BCUT2D eigenvalue weighted by Crippen LogP contribution is 2.27. The molecule has 0 spiro atoms. The van der Waals surface area contributed by atoms with Gasteiger partial charge in [-0.3, -0.25) is 9.78 Å². The van der Waals surface area contributed by atoms with Crippen molar-refractivity contribution in [2.75, 3.05) is 17.2 Å². The first-order valence-corrected chi connectivity index (χ1v) is 7.73. The van der Waals surface area contributed by atoms with Crippen molar-refractivity contribution in [2.45, 2.75) is 20.3 Å². The van der Waals surface area contributed by atoms with Gasteiger partial charge in [0.2, 0.25) is 15.9 Å². The van der Waals surface area contributed by atoms with E-state index in [1.807, 2.05) is 26.0 Å². The van der Waals surface area contributed by atoms with E-state index in [1.165, 1.54) is 0 Å². The molecule has 7 heteroatoms. The number of nitrogens with two attached hydrogens (primary N) is 1. The molecule has 1 amide bonds. The number of carbonyl (C=O) groups excluding carboxylic acids is 1. The molecule has 1 aromatic heterocycles. The van der Waals surface area contributed by atoms with Crippen molar-refractivity contribution >= 4 is 21.6 Å². The molecule has 1 atom stereocenters. The largest absolute Gasteiger partial charge is 0.310 e. The lowest BCUT2D eigenvalue weighted by molar-refractivity contribution is -0.117. The molecule has 0 saturated carbocycles. The van der Waals surface area contributed by atoms with Crippen LogP contribution in [0.4, 0.5) is 5.69 Å². The van der Waals surface area contributed by atoms with E-state index in [4.69, 9.17) is 5.14 Å². The maximum absolute atomic E-state index is 12.0. The summed E-state index contributed by atoms with van der Waals surface area (Å²) in [5.41, 5.74) is 2.39. The lowest BCUT2D eigenvalue weighted by Gasteiger charge is -2.18. The Morgan fingerprint density at radius 2 is 2.11 bits per heavy atom. The Morgan fingerprint density at radius 1 is 1.42 bits per heavy atom. The predicted octanol–water partition coefficient (Wildman–Crippen LogP) is 0.340. The van der Waals surface area contributed by atoms with Crippen LogP contribution in [-0.2, 0) is 14.8 Å². The summed E-state index contributed by atoms with van der Waals surface area (Å²) in [6.07, 6.45) is 0.212. The van der Waals surface area contributed by atoms with Crippen LogP contribution in [0.25, 0.3) is 0 Å². The minimum Gasteiger partial charge on any atom is -0.310 e. The van der Waals surface area contributed by atoms with Crippen LogP contribution in [0.5, 0.6) is 0 Å². The number of aromatic nitrogens is 1. The van der Waals surface area contributed by atoms with Crippen molar-refractivity contribution < 1.29 is 13.2 Å². The molecule has 1 aromatic rings. The van der Waals surface area contributed by atoms with Gasteiger partial charge in [-0.15, -0.1) is 0 Å². The summed E-state index contributed by atoms with van der Waals surface area (Å²) in [7, 11) is -3.55. The van der Waals surface area contributed by atoms with Crippen molar-refractivity contribution in [1.82, 2.24) is 4.98 Å². The number of carbonyl (C=O) groups is 1. The quantitative estimate of drug-likeness (QED) is 0.865. The first kappa shape index (κ1) is 14.0. The lowest BCUT2D eigenvalue weighted by atomic mass is 10.1. The van der Waals surface area contributed by atoms with Gasteiger partial charge in [-0.25, -0.2) is 13.6 Å². The Hall–Kier alpha value is -1.47. The third kappa shape index (κ3) is 3.30. The number of pyridine rings is 1. The normalized spacial score (nSPS) is 20.1. The van der Waals surface area contributed by atoms with Gasteiger partial charge in [0.1, 0.15) is 0 Å². The fraction of sp³-hybridized carbons (Fsp3) is 0.500. The number of nitrogens with zero attached hydrogens (tertiary/aromatic N) is 2. The molecular weight excluding hydrogens is 266 g/mol. The third-order valence-electron chi connectivity index (χ3n) is 3.16. The average molecular weight is 283 g/mol. The summed E-state index contributed by atoms with van der Waals surface area (Å²) in [6, 6.07) is 3.68. The van der Waals surface area contributed by atoms with Crippen LogP contribution in [0.1, 0.15) is 17.8 Å². The highest BCUT2D eigenvalue weighted by atomic mass is 32.2. The summed E-state index contributed by atoms with van der Waals surface area (Å²) in [6.45, 7) is 4.09. The number of aryl methyl sites for hydroxylation is 2. The zero-order chi connectivity index (χ0) is 14.2. The van der Waals surface area contributed by atoms with E-state index in [9.17, 15) is 13.2 Å². The summed E-state index contributed by atoms with van der Waals surface area (Å²) >= 11 is 0. The van der Waals surface area contributed by atoms with Crippen molar-refractivity contribution in [3.8, 4) is 0 Å². The maximum atomic E-state index is 12.0. The van der Waals surface area contributed by atoms with E-state index < -0.39 is 10.0 Å². The predicted molar refractivity (Wildman–Crippen MR) is 72.1 cm³/mol. The molecule has 1 fully saturated rings. The maximum Gasteiger partial charge on any atom is 0.227 e. The van der Waals surface area contributed by atoms with Gasteiger partial charge >= 0.3 is 0 Å². The number of sulfonamides is 1. The van der Waals surface area contributed by atoms with Crippen LogP contribution in [0.3, 0.4) is 0 Å². The monoisotopic (exact) mass is 283 g/mol. The van der Waals surface area contributed by atoms with Gasteiger partial charge in [0.25, 0.3) is 0 Å². The van der Waals surface area contributed by atoms with E-state index in [1.54, 1.807) is 4.90 Å². The second-order valence-electron chi connectivity index (χ2n) is 4.96. The highest BCUT2D eigenvalue weighted by Gasteiger charge is 2.33. The Morgan fingerprint density at radius 3 is 2.68 bits per heavy atom. The zero-order valence-electron chi connectivity index (χ0n) is 11.0. The summed E-state index contributed by atoms with van der Waals surface area (Å²) in [4.78, 5) is 17.9. The van der Waals surface area contributed by atoms with E-state index in [0.29, 0.717) is 6.54 Å². The van der Waals surface area contributed by atoms with Gasteiger partial charge in [-0.1, -0.05) is 0 Å². The molecule has 19 heavy (non-hydrogen) atoms. The molecule has 0 bridgehead atoms. The van der Waals surface area contributed by atoms with Crippen molar-refractivity contribution in [3.63, 3.8) is 0 Å². The number of anilines is 1. The Labute approximate surface area is 112 Å². The molecule has 2 rings (SSSR count). The molecule has 2 N–H and O–H groups in total. The molecule has 1 aliphatic rings. The Bertz CT molecular complexity index is 613. The van der Waals surface area contributed by atoms with Gasteiger partial charge in [-0.05, 0) is 26.0 Å². The number of primary sulfonamides is 1. The van der Waals surface area contributed by atoms with Gasteiger partial charge in [0.15, 0.2) is 0 Å². The zero-order valence-corrected chi connectivity index (χ0v) is 11.8. The second-order valence-corrected chi connectivity index (χ2v) is 6.62. The van der Waals surface area contributed by atoms with E-state index >= 15 is 0 Å². The molecule has 1 unspecified atom stereocenters. The SMILES string of the molecule is Cc1ccc(N2CC(CS(N)(=O)=O)CC2=O)c(C)n1. The summed E-state index contributed by atoms with van der Waals surface area (Å²) in [5, 5.41) is 5.02. The first-order valence-electron chi connectivity index (χ1n) is 6.01. The van der Waals surface area contributed by atoms with Crippen LogP contribution in [0, 0.1) is 19.8 Å². The van der Waals surface area contributed by atoms with Crippen molar-refractivity contribution in [3.05, 3.63) is 23.5 Å². The number of hydrogen-bond acceptors (Lipinski definition) is 4. The van der Waals surface area contributed by atoms with Gasteiger partial charge < -0.3 is 4.90 Å². The standard InChI is InChI=1S/C12H17N3O3S/c1-8-3-4-11(9(2)14-8)15-6-10(5-12(15)16)7-19(13,17)18/h3-4,10H,5-7H2,1-2H3,(H2,13,17,18). The van der Waals surface area contributed by atoms with Crippen molar-refractivity contribution in [2.24, 2.45) is 11.1 Å². The third-order valence-corrected chi connectivity index (χ3v) is 4.10. The van der Waals surface area contributed by atoms with Crippen LogP contribution >= 0.6 is 0 Å². The van der Waals surface area contributed by atoms with Gasteiger partial charge in [-0.2, -0.15) is 0 Å². The van der Waals surface area contributed by atoms with Crippen LogP contribution < -0.4 is 10.0 Å². The molecule has 104 valence electrons. The number of hydrogen-bond donors (Lipinski definition) is 1. The minimum atomic E-state index is -3.55. The molecule has 0 aliphatic carbocycles. The number of amides is 1. The molecular formula is C12H17N3O3S. The summed E-state index contributed by atoms with van der Waals surface area (Å²) in [5.74, 6) is -0.487. The first-order chi connectivity index (χ1) is 8.76. The molecule has 0 radical (unpaired) electrons. The van der Waals surface area contributed by atoms with Crippen LogP contribution in [-0.4, -0.2) is 31.6 Å². The highest BCUT2D eigenvalue weighted by molar-refractivity contribution is 7.89. The fourth-order valence-electron chi connectivity index (χ4n) is 2.42. The van der Waals surface area contributed by atoms with E-state index in [2.05, 4.69) is 4.98 Å². The van der Waals surface area contributed by atoms with E-state index in [-0.39, 0.29) is 24.0 Å². The molecule has 1 saturated heterocycles.